The number of amides is 1. The fourth-order valence-electron chi connectivity index (χ4n) is 8.99. The van der Waals surface area contributed by atoms with E-state index < -0.39 is 12.5 Å². The van der Waals surface area contributed by atoms with Crippen molar-refractivity contribution in [1.82, 2.24) is 5.32 Å². The molecule has 0 aromatic rings. The van der Waals surface area contributed by atoms with Crippen LogP contribution in [-0.2, 0) is 9.59 Å². The third kappa shape index (κ3) is 5.30. The van der Waals surface area contributed by atoms with Crippen LogP contribution in [0.25, 0.3) is 0 Å². The molecule has 10 atom stereocenters. The Balaban J connectivity index is 0.00000306. The molecule has 0 saturated heterocycles. The number of carboxylic acid groups (broad SMARTS) is 1. The first kappa shape index (κ1) is 28.1. The quantitative estimate of drug-likeness (QED) is 0.428. The van der Waals surface area contributed by atoms with Crippen LogP contribution in [0.2, 0.25) is 0 Å². The summed E-state index contributed by atoms with van der Waals surface area (Å²) >= 11 is 0. The summed E-state index contributed by atoms with van der Waals surface area (Å²) in [6.45, 7) is 6.70. The van der Waals surface area contributed by atoms with Gasteiger partial charge < -0.3 is 25.4 Å². The molecule has 4 fully saturated rings. The first-order valence-corrected chi connectivity index (χ1v) is 12.9. The van der Waals surface area contributed by atoms with Gasteiger partial charge in [0.05, 0.1) is 24.7 Å². The summed E-state index contributed by atoms with van der Waals surface area (Å²) in [5, 5.41) is 34.5. The van der Waals surface area contributed by atoms with E-state index >= 15 is 0 Å². The maximum absolute atomic E-state index is 12.0. The molecule has 33 heavy (non-hydrogen) atoms. The monoisotopic (exact) mass is 487 g/mol. The van der Waals surface area contributed by atoms with Crippen molar-refractivity contribution in [3.8, 4) is 0 Å². The predicted octanol–water partition coefficient (Wildman–Crippen LogP) is -0.737. The van der Waals surface area contributed by atoms with Gasteiger partial charge in [-0.3, -0.25) is 4.79 Å². The summed E-state index contributed by atoms with van der Waals surface area (Å²) in [4.78, 5) is 22.6. The van der Waals surface area contributed by atoms with Gasteiger partial charge >= 0.3 is 51.4 Å². The van der Waals surface area contributed by atoms with Gasteiger partial charge in [0.25, 0.3) is 0 Å². The molecular formula is C26H42KNO5. The molecule has 0 aliphatic heterocycles. The second kappa shape index (κ2) is 10.9. The molecule has 4 aliphatic rings. The van der Waals surface area contributed by atoms with Gasteiger partial charge in [0.15, 0.2) is 0 Å². The molecule has 0 aromatic carbocycles. The van der Waals surface area contributed by atoms with Crippen molar-refractivity contribution >= 4 is 11.9 Å². The minimum Gasteiger partial charge on any atom is -0.548 e. The Kier molecular flexibility index (Phi) is 9.23. The largest absolute Gasteiger partial charge is 1.00 e. The van der Waals surface area contributed by atoms with Gasteiger partial charge in [-0.2, -0.15) is 0 Å². The van der Waals surface area contributed by atoms with Crippen LogP contribution in [0.4, 0.5) is 0 Å². The number of carbonyl (C=O) groups excluding carboxylic acids is 2. The molecule has 7 heteroatoms. The second-order valence-electron chi connectivity index (χ2n) is 12.1. The van der Waals surface area contributed by atoms with Crippen molar-refractivity contribution in [1.29, 1.82) is 0 Å². The Labute approximate surface area is 241 Å². The van der Waals surface area contributed by atoms with Crippen LogP contribution in [0.15, 0.2) is 0 Å². The fourth-order valence-corrected chi connectivity index (χ4v) is 8.99. The van der Waals surface area contributed by atoms with Gasteiger partial charge in [-0.1, -0.05) is 20.8 Å². The molecule has 4 rings (SSSR count). The minimum atomic E-state index is -1.26. The number of aliphatic hydroxyl groups is 2. The van der Waals surface area contributed by atoms with E-state index in [9.17, 15) is 24.9 Å². The van der Waals surface area contributed by atoms with E-state index in [1.54, 1.807) is 0 Å². The zero-order chi connectivity index (χ0) is 23.3. The molecule has 0 spiro atoms. The van der Waals surface area contributed by atoms with Crippen LogP contribution in [0.1, 0.15) is 85.0 Å². The molecule has 0 radical (unpaired) electrons. The van der Waals surface area contributed by atoms with Crippen molar-refractivity contribution in [3.63, 3.8) is 0 Å². The van der Waals surface area contributed by atoms with Crippen LogP contribution < -0.4 is 61.8 Å². The fraction of sp³-hybridized carbons (Fsp3) is 0.923. The Hall–Kier alpha value is 0.496. The SMILES string of the molecule is C[C@H](CCC(=O)NCC(=O)[O-])[C@H]1CC[C@H]2[C@H]3C(CC[C@]12C)[C@@]1(C)CC[C@@H](O)C[C@H]1C[C@H]3O.[K+]. The van der Waals surface area contributed by atoms with Crippen molar-refractivity contribution in [2.24, 2.45) is 46.3 Å². The smallest absolute Gasteiger partial charge is 0.548 e. The van der Waals surface area contributed by atoms with E-state index in [2.05, 4.69) is 26.1 Å². The van der Waals surface area contributed by atoms with Crippen molar-refractivity contribution < 1.29 is 76.3 Å². The first-order valence-electron chi connectivity index (χ1n) is 12.9. The topological polar surface area (TPSA) is 110 Å². The van der Waals surface area contributed by atoms with Crippen molar-refractivity contribution in [2.75, 3.05) is 6.54 Å². The first-order chi connectivity index (χ1) is 15.1. The van der Waals surface area contributed by atoms with Crippen molar-refractivity contribution in [3.05, 3.63) is 0 Å². The van der Waals surface area contributed by atoms with Gasteiger partial charge in [0.2, 0.25) is 5.91 Å². The van der Waals surface area contributed by atoms with E-state index in [0.717, 1.165) is 51.4 Å². The number of nitrogens with one attached hydrogen (secondary N) is 1. The van der Waals surface area contributed by atoms with Crippen LogP contribution in [0.3, 0.4) is 0 Å². The van der Waals surface area contributed by atoms with Gasteiger partial charge in [0.1, 0.15) is 0 Å². The molecule has 0 heterocycles. The Morgan fingerprint density at radius 3 is 2.39 bits per heavy atom. The number of hydrogen-bond acceptors (Lipinski definition) is 5. The summed E-state index contributed by atoms with van der Waals surface area (Å²) in [5.74, 6) is 1.31. The minimum absolute atomic E-state index is 0. The molecule has 0 bridgehead atoms. The number of hydrogen-bond donors (Lipinski definition) is 3. The zero-order valence-electron chi connectivity index (χ0n) is 21.0. The van der Waals surface area contributed by atoms with Gasteiger partial charge in [-0.05, 0) is 104 Å². The third-order valence-corrected chi connectivity index (χ3v) is 10.7. The zero-order valence-corrected chi connectivity index (χ0v) is 24.1. The molecule has 1 amide bonds. The van der Waals surface area contributed by atoms with E-state index in [0.29, 0.717) is 41.9 Å². The van der Waals surface area contributed by atoms with Gasteiger partial charge in [-0.25, -0.2) is 0 Å². The third-order valence-electron chi connectivity index (χ3n) is 10.7. The summed E-state index contributed by atoms with van der Waals surface area (Å²) < 4.78 is 0. The van der Waals surface area contributed by atoms with Crippen LogP contribution in [-0.4, -0.2) is 40.8 Å². The van der Waals surface area contributed by atoms with Crippen LogP contribution in [0, 0.1) is 46.3 Å². The molecule has 182 valence electrons. The molecule has 4 aliphatic carbocycles. The number of fused-ring (bicyclic) bond motifs is 5. The summed E-state index contributed by atoms with van der Waals surface area (Å²) in [5.41, 5.74) is 0.436. The number of aliphatic carboxylic acids is 1. The average molecular weight is 488 g/mol. The number of rotatable bonds is 6. The van der Waals surface area contributed by atoms with E-state index in [4.69, 9.17) is 0 Å². The molecule has 6 nitrogen and oxygen atoms in total. The molecule has 0 aromatic heterocycles. The van der Waals surface area contributed by atoms with Crippen molar-refractivity contribution in [2.45, 2.75) is 97.2 Å². The van der Waals surface area contributed by atoms with E-state index in [1.807, 2.05) is 0 Å². The standard InChI is InChI=1S/C26H43NO5.K/c1-15(4-7-22(30)27-14-23(31)32)18-5-6-19-24-20(9-11-26(18,19)3)25(2)10-8-17(28)12-16(25)13-21(24)29;/h15-21,24,28-29H,4-14H2,1-3H3,(H,27,30)(H,31,32);/q;+1/p-1/t15-,16+,17-,18-,19+,20?,21-,24+,25+,26-;/m1./s1. The van der Waals surface area contributed by atoms with Crippen LogP contribution in [0.5, 0.6) is 0 Å². The molecule has 3 N–H and O–H groups in total. The summed E-state index contributed by atoms with van der Waals surface area (Å²) in [6.07, 6.45) is 8.95. The second-order valence-corrected chi connectivity index (χ2v) is 12.1. The normalized spacial score (nSPS) is 45.1. The molecule has 1 unspecified atom stereocenters. The average Bonchev–Trinajstić information content (AvgIpc) is 3.09. The van der Waals surface area contributed by atoms with Gasteiger partial charge in [0, 0.05) is 6.42 Å². The van der Waals surface area contributed by atoms with E-state index in [1.165, 1.54) is 6.42 Å². The maximum atomic E-state index is 12.0. The number of aliphatic hydroxyl groups excluding tert-OH is 2. The predicted molar refractivity (Wildman–Crippen MR) is 119 cm³/mol. The van der Waals surface area contributed by atoms with Crippen LogP contribution >= 0.6 is 0 Å². The molecular weight excluding hydrogens is 445 g/mol. The Bertz CT molecular complexity index is 733. The maximum Gasteiger partial charge on any atom is 1.00 e. The Morgan fingerprint density at radius 2 is 1.70 bits per heavy atom. The van der Waals surface area contributed by atoms with E-state index in [-0.39, 0.29) is 80.3 Å². The number of carbonyl (C=O) groups is 2. The summed E-state index contributed by atoms with van der Waals surface area (Å²) in [7, 11) is 0. The van der Waals surface area contributed by atoms with Gasteiger partial charge in [-0.15, -0.1) is 0 Å². The number of carboxylic acids is 1. The summed E-state index contributed by atoms with van der Waals surface area (Å²) in [6, 6.07) is 0. The Morgan fingerprint density at radius 1 is 1.03 bits per heavy atom. The molecule has 4 saturated carbocycles.